The van der Waals surface area contributed by atoms with Gasteiger partial charge in [-0.25, -0.2) is 0 Å². The molecule has 0 atom stereocenters. The lowest BCUT2D eigenvalue weighted by molar-refractivity contribution is 0.669. The molecular weight excluding hydrogens is 777 g/mol. The Morgan fingerprint density at radius 3 is 1.33 bits per heavy atom. The average molecular weight is 819 g/mol. The fourth-order valence-electron chi connectivity index (χ4n) is 10.1. The Labute approximate surface area is 373 Å². The number of hydrogen-bond donors (Lipinski definition) is 0. The zero-order chi connectivity index (χ0) is 42.5. The summed E-state index contributed by atoms with van der Waals surface area (Å²) in [5.41, 5.74) is 17.3. The van der Waals surface area contributed by atoms with Crippen molar-refractivity contribution in [3.05, 3.63) is 277 Å². The first-order chi connectivity index (χ1) is 31.8. The third-order valence-corrected chi connectivity index (χ3v) is 12.9. The first kappa shape index (κ1) is 37.4. The molecule has 1 aliphatic rings. The summed E-state index contributed by atoms with van der Waals surface area (Å²) in [5.74, 6) is 0. The summed E-state index contributed by atoms with van der Waals surface area (Å²) in [4.78, 5) is 4.65. The third kappa shape index (κ3) is 6.05. The van der Waals surface area contributed by atoms with Crippen molar-refractivity contribution in [2.75, 3.05) is 9.80 Å². The summed E-state index contributed by atoms with van der Waals surface area (Å²) in [6, 6.07) is 91.6. The predicted molar refractivity (Wildman–Crippen MR) is 266 cm³/mol. The molecule has 10 aromatic carbocycles. The van der Waals surface area contributed by atoms with E-state index in [-0.39, 0.29) is 0 Å². The lowest BCUT2D eigenvalue weighted by Gasteiger charge is -2.33. The van der Waals surface area contributed by atoms with Gasteiger partial charge in [0.15, 0.2) is 5.58 Å². The van der Waals surface area contributed by atoms with Crippen molar-refractivity contribution in [2.24, 2.45) is 0 Å². The predicted octanol–water partition coefficient (Wildman–Crippen LogP) is 16.6. The number of para-hydroxylation sites is 4. The van der Waals surface area contributed by atoms with Crippen LogP contribution < -0.4 is 9.80 Å². The molecule has 302 valence electrons. The van der Waals surface area contributed by atoms with Crippen LogP contribution in [-0.4, -0.2) is 0 Å². The molecule has 0 unspecified atom stereocenters. The Hall–Kier alpha value is -8.40. The molecule has 0 aliphatic heterocycles. The lowest BCUT2D eigenvalue weighted by Crippen LogP contribution is -2.28. The molecule has 1 aromatic heterocycles. The maximum atomic E-state index is 7.03. The highest BCUT2D eigenvalue weighted by atomic mass is 16.3. The highest BCUT2D eigenvalue weighted by Gasteiger charge is 2.46. The molecule has 1 aliphatic carbocycles. The van der Waals surface area contributed by atoms with Crippen molar-refractivity contribution in [3.8, 4) is 22.3 Å². The van der Waals surface area contributed by atoms with Gasteiger partial charge in [-0.2, -0.15) is 0 Å². The summed E-state index contributed by atoms with van der Waals surface area (Å²) in [5, 5.41) is 2.10. The van der Waals surface area contributed by atoms with Crippen LogP contribution in [0.1, 0.15) is 22.3 Å². The minimum absolute atomic E-state index is 0.447. The second-order valence-corrected chi connectivity index (χ2v) is 16.5. The molecule has 11 aromatic rings. The first-order valence-electron chi connectivity index (χ1n) is 21.9. The van der Waals surface area contributed by atoms with E-state index in [4.69, 9.17) is 4.42 Å². The molecule has 0 spiro atoms. The van der Waals surface area contributed by atoms with Crippen LogP contribution in [0.15, 0.2) is 259 Å². The van der Waals surface area contributed by atoms with Crippen LogP contribution in [0.2, 0.25) is 0 Å². The van der Waals surface area contributed by atoms with Crippen molar-refractivity contribution >= 4 is 56.1 Å². The molecule has 3 nitrogen and oxygen atoms in total. The molecule has 0 amide bonds. The smallest absolute Gasteiger partial charge is 0.159 e. The number of furan rings is 1. The second-order valence-electron chi connectivity index (χ2n) is 16.5. The Morgan fingerprint density at radius 1 is 0.312 bits per heavy atom. The van der Waals surface area contributed by atoms with Crippen molar-refractivity contribution in [2.45, 2.75) is 5.41 Å². The van der Waals surface area contributed by atoms with Gasteiger partial charge in [0.05, 0.1) is 11.1 Å². The molecule has 1 heterocycles. The molecule has 0 saturated heterocycles. The van der Waals surface area contributed by atoms with Crippen molar-refractivity contribution < 1.29 is 4.42 Å². The minimum atomic E-state index is -0.447. The van der Waals surface area contributed by atoms with E-state index >= 15 is 0 Å². The third-order valence-electron chi connectivity index (χ3n) is 12.9. The van der Waals surface area contributed by atoms with E-state index in [1.165, 1.54) is 33.4 Å². The van der Waals surface area contributed by atoms with Crippen LogP contribution in [0.4, 0.5) is 34.1 Å². The van der Waals surface area contributed by atoms with E-state index in [2.05, 4.69) is 265 Å². The highest BCUT2D eigenvalue weighted by Crippen LogP contribution is 2.57. The van der Waals surface area contributed by atoms with Gasteiger partial charge in [-0.3, -0.25) is 0 Å². The molecular formula is C61H42N2O. The number of rotatable bonds is 9. The van der Waals surface area contributed by atoms with Crippen LogP contribution in [0.3, 0.4) is 0 Å². The van der Waals surface area contributed by atoms with Gasteiger partial charge in [0.2, 0.25) is 0 Å². The fourth-order valence-corrected chi connectivity index (χ4v) is 10.1. The SMILES string of the molecule is c1ccc(N(c2ccccc2)c2cc(N(c3ccccc3)c3ccccc3)c3oc4ccc(-c5ccc6c(c5)-c5ccccc5C6(c5ccccc5)c5ccccc5)cc4c3c2)cc1. The number of nitrogens with zero attached hydrogens (tertiary/aromatic N) is 2. The standard InChI is InChI=1S/C61H42N2O/c1-7-21-45(22-8-1)61(46-23-9-2-10-24-46)56-34-20-19-33-52(56)53-39-43(35-37-57(53)61)44-36-38-59-54(40-44)55-41-51(62(47-25-11-3-12-26-47)48-27-13-4-14-28-48)42-58(60(55)64-59)63(49-29-15-5-16-30-49)50-31-17-6-18-32-50/h1-42H. The molecule has 0 saturated carbocycles. The maximum Gasteiger partial charge on any atom is 0.159 e. The van der Waals surface area contributed by atoms with Gasteiger partial charge in [-0.05, 0) is 123 Å². The quantitative estimate of drug-likeness (QED) is 0.145. The maximum absolute atomic E-state index is 7.03. The zero-order valence-corrected chi connectivity index (χ0v) is 35.1. The van der Waals surface area contributed by atoms with Gasteiger partial charge < -0.3 is 14.2 Å². The highest BCUT2D eigenvalue weighted by molar-refractivity contribution is 6.13. The summed E-state index contributed by atoms with van der Waals surface area (Å²) in [7, 11) is 0. The Bertz CT molecular complexity index is 3300. The fraction of sp³-hybridized carbons (Fsp3) is 0.0164. The van der Waals surface area contributed by atoms with Crippen LogP contribution in [0.5, 0.6) is 0 Å². The van der Waals surface area contributed by atoms with Crippen molar-refractivity contribution in [3.63, 3.8) is 0 Å². The van der Waals surface area contributed by atoms with Crippen LogP contribution in [0.25, 0.3) is 44.2 Å². The summed E-state index contributed by atoms with van der Waals surface area (Å²) in [6.07, 6.45) is 0. The summed E-state index contributed by atoms with van der Waals surface area (Å²) < 4.78 is 7.03. The molecule has 0 radical (unpaired) electrons. The molecule has 0 bridgehead atoms. The van der Waals surface area contributed by atoms with Crippen LogP contribution >= 0.6 is 0 Å². The van der Waals surface area contributed by atoms with E-state index in [1.807, 2.05) is 0 Å². The van der Waals surface area contributed by atoms with Gasteiger partial charge in [-0.1, -0.05) is 176 Å². The van der Waals surface area contributed by atoms with Gasteiger partial charge in [0, 0.05) is 39.2 Å². The molecule has 64 heavy (non-hydrogen) atoms. The van der Waals surface area contributed by atoms with Gasteiger partial charge in [0.1, 0.15) is 5.58 Å². The Balaban J connectivity index is 1.09. The number of anilines is 6. The largest absolute Gasteiger partial charge is 0.454 e. The van der Waals surface area contributed by atoms with Crippen molar-refractivity contribution in [1.29, 1.82) is 0 Å². The molecule has 3 heteroatoms. The van der Waals surface area contributed by atoms with E-state index in [1.54, 1.807) is 0 Å². The molecule has 12 rings (SSSR count). The van der Waals surface area contributed by atoms with Crippen LogP contribution in [0, 0.1) is 0 Å². The van der Waals surface area contributed by atoms with E-state index in [0.29, 0.717) is 0 Å². The molecule has 0 fully saturated rings. The summed E-state index contributed by atoms with van der Waals surface area (Å²) in [6.45, 7) is 0. The second kappa shape index (κ2) is 15.5. The van der Waals surface area contributed by atoms with E-state index < -0.39 is 5.41 Å². The summed E-state index contributed by atoms with van der Waals surface area (Å²) >= 11 is 0. The Kier molecular flexibility index (Phi) is 9.05. The number of hydrogen-bond acceptors (Lipinski definition) is 3. The minimum Gasteiger partial charge on any atom is -0.454 e. The van der Waals surface area contributed by atoms with Gasteiger partial charge in [-0.15, -0.1) is 0 Å². The molecule has 0 N–H and O–H groups in total. The number of fused-ring (bicyclic) bond motifs is 6. The normalized spacial score (nSPS) is 12.5. The topological polar surface area (TPSA) is 19.6 Å². The zero-order valence-electron chi connectivity index (χ0n) is 35.1. The number of benzene rings is 10. The van der Waals surface area contributed by atoms with Gasteiger partial charge >= 0.3 is 0 Å². The monoisotopic (exact) mass is 818 g/mol. The first-order valence-corrected chi connectivity index (χ1v) is 21.9. The van der Waals surface area contributed by atoms with Crippen LogP contribution in [-0.2, 0) is 5.41 Å². The van der Waals surface area contributed by atoms with E-state index in [0.717, 1.165) is 67.2 Å². The van der Waals surface area contributed by atoms with Crippen molar-refractivity contribution in [1.82, 2.24) is 0 Å². The Morgan fingerprint density at radius 2 is 0.766 bits per heavy atom. The van der Waals surface area contributed by atoms with Gasteiger partial charge in [0.25, 0.3) is 0 Å². The van der Waals surface area contributed by atoms with E-state index in [9.17, 15) is 0 Å². The lowest BCUT2D eigenvalue weighted by atomic mass is 9.67. The average Bonchev–Trinajstić information content (AvgIpc) is 3.89.